The summed E-state index contributed by atoms with van der Waals surface area (Å²) in [5.41, 5.74) is 5.15. The van der Waals surface area contributed by atoms with Crippen molar-refractivity contribution in [2.75, 3.05) is 6.54 Å². The van der Waals surface area contributed by atoms with Gasteiger partial charge in [-0.1, -0.05) is 6.07 Å². The van der Waals surface area contributed by atoms with Crippen molar-refractivity contribution in [2.24, 2.45) is 5.73 Å². The molecule has 13 heavy (non-hydrogen) atoms. The molecule has 0 aliphatic heterocycles. The molecule has 4 heteroatoms. The molecule has 0 atom stereocenters. The van der Waals surface area contributed by atoms with E-state index in [2.05, 4.69) is 0 Å². The summed E-state index contributed by atoms with van der Waals surface area (Å²) in [6.07, 6.45) is 0.108. The zero-order chi connectivity index (χ0) is 9.84. The van der Waals surface area contributed by atoms with Crippen LogP contribution in [0.2, 0.25) is 0 Å². The van der Waals surface area contributed by atoms with Gasteiger partial charge in [0, 0.05) is 6.42 Å². The van der Waals surface area contributed by atoms with Gasteiger partial charge in [-0.25, -0.2) is 4.39 Å². The van der Waals surface area contributed by atoms with Crippen LogP contribution in [0.15, 0.2) is 18.2 Å². The number of nitrogens with two attached hydrogens (primary N) is 1. The van der Waals surface area contributed by atoms with E-state index in [0.717, 1.165) is 6.07 Å². The number of phenolic OH excluding ortho intramolecular Hbond substituents is 1. The van der Waals surface area contributed by atoms with Gasteiger partial charge in [0.05, 0.1) is 5.56 Å². The summed E-state index contributed by atoms with van der Waals surface area (Å²) in [6, 6.07) is 3.84. The summed E-state index contributed by atoms with van der Waals surface area (Å²) in [7, 11) is 0. The molecule has 0 aliphatic carbocycles. The van der Waals surface area contributed by atoms with Crippen LogP contribution < -0.4 is 5.73 Å². The minimum atomic E-state index is -0.789. The van der Waals surface area contributed by atoms with Gasteiger partial charge in [0.1, 0.15) is 0 Å². The molecule has 0 aliphatic rings. The smallest absolute Gasteiger partial charge is 0.167 e. The second-order valence-electron chi connectivity index (χ2n) is 2.60. The highest BCUT2D eigenvalue weighted by Gasteiger charge is 2.12. The van der Waals surface area contributed by atoms with Crippen molar-refractivity contribution < 1.29 is 14.3 Å². The van der Waals surface area contributed by atoms with Gasteiger partial charge in [0.2, 0.25) is 0 Å². The average Bonchev–Trinajstić information content (AvgIpc) is 2.10. The van der Waals surface area contributed by atoms with Crippen molar-refractivity contribution in [1.82, 2.24) is 0 Å². The number of carbonyl (C=O) groups is 1. The lowest BCUT2D eigenvalue weighted by Gasteiger charge is -2.02. The molecule has 1 aromatic rings. The molecule has 0 radical (unpaired) electrons. The van der Waals surface area contributed by atoms with Gasteiger partial charge in [-0.15, -0.1) is 0 Å². The Morgan fingerprint density at radius 3 is 2.85 bits per heavy atom. The standard InChI is InChI=1S/C9H10FNO2/c10-7-3-1-2-6(9(7)13)8(12)4-5-11/h1-3,13H,4-5,11H2. The number of benzene rings is 1. The van der Waals surface area contributed by atoms with E-state index in [9.17, 15) is 9.18 Å². The van der Waals surface area contributed by atoms with E-state index in [1.807, 2.05) is 0 Å². The normalized spacial score (nSPS) is 10.0. The number of rotatable bonds is 3. The third kappa shape index (κ3) is 2.03. The Bertz CT molecular complexity index is 325. The maximum Gasteiger partial charge on any atom is 0.167 e. The average molecular weight is 183 g/mol. The number of hydrogen-bond acceptors (Lipinski definition) is 3. The molecule has 0 bridgehead atoms. The summed E-state index contributed by atoms with van der Waals surface area (Å²) in [5.74, 6) is -1.73. The van der Waals surface area contributed by atoms with Crippen LogP contribution in [0.4, 0.5) is 4.39 Å². The van der Waals surface area contributed by atoms with Crippen LogP contribution in [0.1, 0.15) is 16.8 Å². The van der Waals surface area contributed by atoms with Crippen molar-refractivity contribution in [3.63, 3.8) is 0 Å². The predicted molar refractivity (Wildman–Crippen MR) is 46.1 cm³/mol. The van der Waals surface area contributed by atoms with Gasteiger partial charge in [-0.05, 0) is 18.7 Å². The van der Waals surface area contributed by atoms with Crippen LogP contribution >= 0.6 is 0 Å². The van der Waals surface area contributed by atoms with Crippen molar-refractivity contribution in [3.8, 4) is 5.75 Å². The third-order valence-corrected chi connectivity index (χ3v) is 1.66. The Morgan fingerprint density at radius 2 is 2.23 bits per heavy atom. The Hall–Kier alpha value is -1.42. The molecule has 1 aromatic carbocycles. The van der Waals surface area contributed by atoms with E-state index < -0.39 is 11.6 Å². The molecule has 0 heterocycles. The van der Waals surface area contributed by atoms with Crippen molar-refractivity contribution in [1.29, 1.82) is 0 Å². The number of hydrogen-bond donors (Lipinski definition) is 2. The first-order chi connectivity index (χ1) is 6.16. The molecule has 3 nitrogen and oxygen atoms in total. The van der Waals surface area contributed by atoms with Crippen molar-refractivity contribution >= 4 is 5.78 Å². The number of halogens is 1. The predicted octanol–water partition coefficient (Wildman–Crippen LogP) is 1.06. The summed E-state index contributed by atoms with van der Waals surface area (Å²) < 4.78 is 12.7. The number of carbonyl (C=O) groups excluding carboxylic acids is 1. The molecule has 0 saturated carbocycles. The lowest BCUT2D eigenvalue weighted by molar-refractivity contribution is 0.0982. The summed E-state index contributed by atoms with van der Waals surface area (Å²) in [5, 5.41) is 9.16. The van der Waals surface area contributed by atoms with E-state index in [4.69, 9.17) is 10.8 Å². The van der Waals surface area contributed by atoms with E-state index in [1.54, 1.807) is 0 Å². The van der Waals surface area contributed by atoms with Crippen LogP contribution in [0.25, 0.3) is 0 Å². The summed E-state index contributed by atoms with van der Waals surface area (Å²) in [4.78, 5) is 11.2. The van der Waals surface area contributed by atoms with Gasteiger partial charge in [0.15, 0.2) is 17.3 Å². The highest BCUT2D eigenvalue weighted by atomic mass is 19.1. The minimum Gasteiger partial charge on any atom is -0.504 e. The Balaban J connectivity index is 3.01. The fourth-order valence-electron chi connectivity index (χ4n) is 1.01. The zero-order valence-electron chi connectivity index (χ0n) is 6.96. The monoisotopic (exact) mass is 183 g/mol. The second-order valence-corrected chi connectivity index (χ2v) is 2.60. The molecule has 3 N–H and O–H groups in total. The third-order valence-electron chi connectivity index (χ3n) is 1.66. The Morgan fingerprint density at radius 1 is 1.54 bits per heavy atom. The van der Waals surface area contributed by atoms with Gasteiger partial charge in [-0.3, -0.25) is 4.79 Å². The van der Waals surface area contributed by atoms with E-state index in [-0.39, 0.29) is 24.3 Å². The Kier molecular flexibility index (Phi) is 2.97. The molecule has 0 aromatic heterocycles. The first-order valence-corrected chi connectivity index (χ1v) is 3.87. The van der Waals surface area contributed by atoms with Gasteiger partial charge >= 0.3 is 0 Å². The largest absolute Gasteiger partial charge is 0.504 e. The van der Waals surface area contributed by atoms with Crippen LogP contribution in [0, 0.1) is 5.82 Å². The molecule has 70 valence electrons. The number of ketones is 1. The van der Waals surface area contributed by atoms with E-state index in [1.165, 1.54) is 12.1 Å². The fourth-order valence-corrected chi connectivity index (χ4v) is 1.01. The lowest BCUT2D eigenvalue weighted by Crippen LogP contribution is -2.08. The van der Waals surface area contributed by atoms with Crippen molar-refractivity contribution in [3.05, 3.63) is 29.6 Å². The summed E-state index contributed by atoms with van der Waals surface area (Å²) >= 11 is 0. The fraction of sp³-hybridized carbons (Fsp3) is 0.222. The van der Waals surface area contributed by atoms with Crippen LogP contribution in [0.5, 0.6) is 5.75 Å². The van der Waals surface area contributed by atoms with Gasteiger partial charge < -0.3 is 10.8 Å². The maximum absolute atomic E-state index is 12.7. The highest BCUT2D eigenvalue weighted by molar-refractivity contribution is 5.98. The molecule has 0 saturated heterocycles. The molecule has 0 spiro atoms. The van der Waals surface area contributed by atoms with E-state index >= 15 is 0 Å². The van der Waals surface area contributed by atoms with Crippen molar-refractivity contribution in [2.45, 2.75) is 6.42 Å². The van der Waals surface area contributed by atoms with Crippen LogP contribution in [0.3, 0.4) is 0 Å². The van der Waals surface area contributed by atoms with Gasteiger partial charge in [-0.2, -0.15) is 0 Å². The number of phenols is 1. The molecule has 0 fully saturated rings. The first kappa shape index (κ1) is 9.67. The quantitative estimate of drug-likeness (QED) is 0.689. The van der Waals surface area contributed by atoms with Crippen LogP contribution in [-0.4, -0.2) is 17.4 Å². The maximum atomic E-state index is 12.7. The lowest BCUT2D eigenvalue weighted by atomic mass is 10.1. The highest BCUT2D eigenvalue weighted by Crippen LogP contribution is 2.21. The van der Waals surface area contributed by atoms with E-state index in [0.29, 0.717) is 0 Å². The number of Topliss-reactive ketones (excluding diaryl/α,β-unsaturated/α-hetero) is 1. The van der Waals surface area contributed by atoms with Gasteiger partial charge in [0.25, 0.3) is 0 Å². The number of para-hydroxylation sites is 1. The molecular formula is C9H10FNO2. The Labute approximate surface area is 75.0 Å². The van der Waals surface area contributed by atoms with Crippen LogP contribution in [-0.2, 0) is 0 Å². The molecule has 0 amide bonds. The molecular weight excluding hydrogens is 173 g/mol. The topological polar surface area (TPSA) is 63.3 Å². The molecule has 1 rings (SSSR count). The minimum absolute atomic E-state index is 0.00884. The second kappa shape index (κ2) is 4.00. The molecule has 0 unspecified atom stereocenters. The summed E-state index contributed by atoms with van der Waals surface area (Å²) in [6.45, 7) is 0.189. The first-order valence-electron chi connectivity index (χ1n) is 3.87. The zero-order valence-corrected chi connectivity index (χ0v) is 6.96. The number of aromatic hydroxyl groups is 1. The SMILES string of the molecule is NCCC(=O)c1cccc(F)c1O.